The Bertz CT molecular complexity index is 376. The van der Waals surface area contributed by atoms with Crippen LogP contribution in [0.3, 0.4) is 0 Å². The van der Waals surface area contributed by atoms with Crippen LogP contribution in [-0.4, -0.2) is 32.1 Å². The number of rotatable bonds is 3. The van der Waals surface area contributed by atoms with Gasteiger partial charge in [-0.15, -0.1) is 0 Å². The Balaban J connectivity index is 1.96. The fraction of sp³-hybridized carbons (Fsp3) is 0.462. The van der Waals surface area contributed by atoms with Crippen LogP contribution in [0, 0.1) is 0 Å². The normalized spacial score (nSPS) is 20.5. The van der Waals surface area contributed by atoms with Crippen molar-refractivity contribution in [1.29, 1.82) is 0 Å². The molecule has 1 amide bonds. The van der Waals surface area contributed by atoms with E-state index in [0.717, 1.165) is 25.3 Å². The van der Waals surface area contributed by atoms with Gasteiger partial charge in [-0.3, -0.25) is 4.79 Å². The molecule has 0 spiro atoms. The highest BCUT2D eigenvalue weighted by Crippen LogP contribution is 2.13. The highest BCUT2D eigenvalue weighted by Gasteiger charge is 2.16. The molecule has 4 heteroatoms. The van der Waals surface area contributed by atoms with E-state index in [4.69, 9.17) is 4.74 Å². The van der Waals surface area contributed by atoms with Crippen LogP contribution in [0.1, 0.15) is 12.0 Å². The number of hydrogen-bond acceptors (Lipinski definition) is 3. The minimum Gasteiger partial charge on any atom is -0.497 e. The maximum atomic E-state index is 11.4. The van der Waals surface area contributed by atoms with E-state index < -0.39 is 0 Å². The van der Waals surface area contributed by atoms with Gasteiger partial charge in [-0.05, 0) is 24.1 Å². The highest BCUT2D eigenvalue weighted by atomic mass is 16.5. The Labute approximate surface area is 101 Å². The van der Waals surface area contributed by atoms with E-state index in [9.17, 15) is 4.79 Å². The van der Waals surface area contributed by atoms with Crippen molar-refractivity contribution in [3.05, 3.63) is 29.8 Å². The molecule has 0 saturated carbocycles. The molecular weight excluding hydrogens is 216 g/mol. The number of carbonyl (C=O) groups is 1. The van der Waals surface area contributed by atoms with Crippen molar-refractivity contribution in [3.63, 3.8) is 0 Å². The smallest absolute Gasteiger partial charge is 0.221 e. The van der Waals surface area contributed by atoms with Crippen LogP contribution in [0.5, 0.6) is 5.75 Å². The van der Waals surface area contributed by atoms with Gasteiger partial charge in [0, 0.05) is 25.6 Å². The Morgan fingerprint density at radius 3 is 2.76 bits per heavy atom. The van der Waals surface area contributed by atoms with Gasteiger partial charge in [0.2, 0.25) is 5.91 Å². The molecule has 1 aliphatic rings. The van der Waals surface area contributed by atoms with Crippen LogP contribution in [0.2, 0.25) is 0 Å². The van der Waals surface area contributed by atoms with Crippen molar-refractivity contribution in [3.8, 4) is 5.75 Å². The third-order valence-corrected chi connectivity index (χ3v) is 2.95. The molecule has 2 rings (SSSR count). The zero-order valence-electron chi connectivity index (χ0n) is 10.0. The molecule has 1 aromatic carbocycles. The summed E-state index contributed by atoms with van der Waals surface area (Å²) in [4.78, 5) is 11.4. The second-order valence-electron chi connectivity index (χ2n) is 4.26. The van der Waals surface area contributed by atoms with Gasteiger partial charge in [-0.1, -0.05) is 12.1 Å². The first-order valence-electron chi connectivity index (χ1n) is 5.91. The first-order valence-corrected chi connectivity index (χ1v) is 5.91. The number of amides is 1. The van der Waals surface area contributed by atoms with Crippen molar-refractivity contribution >= 4 is 5.91 Å². The molecule has 0 radical (unpaired) electrons. The van der Waals surface area contributed by atoms with Gasteiger partial charge in [0.1, 0.15) is 5.75 Å². The molecule has 4 nitrogen and oxygen atoms in total. The SMILES string of the molecule is COc1ccc(CC2CC(=O)NCCN2)cc1. The lowest BCUT2D eigenvalue weighted by molar-refractivity contribution is -0.121. The molecule has 1 heterocycles. The number of carbonyl (C=O) groups excluding carboxylic acids is 1. The first kappa shape index (κ1) is 11.9. The Morgan fingerprint density at radius 2 is 2.06 bits per heavy atom. The summed E-state index contributed by atoms with van der Waals surface area (Å²) in [6, 6.07) is 8.22. The average Bonchev–Trinajstić information content (AvgIpc) is 2.55. The summed E-state index contributed by atoms with van der Waals surface area (Å²) in [7, 11) is 1.66. The fourth-order valence-corrected chi connectivity index (χ4v) is 2.04. The first-order chi connectivity index (χ1) is 8.28. The third-order valence-electron chi connectivity index (χ3n) is 2.95. The monoisotopic (exact) mass is 234 g/mol. The molecule has 17 heavy (non-hydrogen) atoms. The zero-order chi connectivity index (χ0) is 12.1. The third kappa shape index (κ3) is 3.46. The summed E-state index contributed by atoms with van der Waals surface area (Å²) in [6.45, 7) is 1.56. The summed E-state index contributed by atoms with van der Waals surface area (Å²) < 4.78 is 5.12. The van der Waals surface area contributed by atoms with Crippen molar-refractivity contribution in [1.82, 2.24) is 10.6 Å². The topological polar surface area (TPSA) is 50.4 Å². The van der Waals surface area contributed by atoms with E-state index in [0.29, 0.717) is 6.42 Å². The van der Waals surface area contributed by atoms with Gasteiger partial charge in [0.05, 0.1) is 7.11 Å². The van der Waals surface area contributed by atoms with E-state index >= 15 is 0 Å². The molecule has 1 atom stereocenters. The van der Waals surface area contributed by atoms with E-state index in [2.05, 4.69) is 10.6 Å². The number of nitrogens with one attached hydrogen (secondary N) is 2. The Morgan fingerprint density at radius 1 is 1.29 bits per heavy atom. The molecule has 1 aliphatic heterocycles. The number of ether oxygens (including phenoxy) is 1. The summed E-state index contributed by atoms with van der Waals surface area (Å²) >= 11 is 0. The second-order valence-corrected chi connectivity index (χ2v) is 4.26. The number of hydrogen-bond donors (Lipinski definition) is 2. The Hall–Kier alpha value is -1.55. The van der Waals surface area contributed by atoms with Gasteiger partial charge in [-0.25, -0.2) is 0 Å². The summed E-state index contributed by atoms with van der Waals surface area (Å²) in [5.41, 5.74) is 1.22. The molecule has 92 valence electrons. The minimum absolute atomic E-state index is 0.133. The van der Waals surface area contributed by atoms with Gasteiger partial charge >= 0.3 is 0 Å². The van der Waals surface area contributed by atoms with Crippen LogP contribution >= 0.6 is 0 Å². The number of benzene rings is 1. The van der Waals surface area contributed by atoms with Crippen LogP contribution in [0.4, 0.5) is 0 Å². The van der Waals surface area contributed by atoms with Crippen molar-refractivity contribution in [2.75, 3.05) is 20.2 Å². The maximum absolute atomic E-state index is 11.4. The molecule has 0 bridgehead atoms. The quantitative estimate of drug-likeness (QED) is 0.810. The van der Waals surface area contributed by atoms with E-state index in [1.54, 1.807) is 7.11 Å². The predicted molar refractivity (Wildman–Crippen MR) is 66.1 cm³/mol. The number of methoxy groups -OCH3 is 1. The summed E-state index contributed by atoms with van der Waals surface area (Å²) in [5, 5.41) is 6.23. The lowest BCUT2D eigenvalue weighted by atomic mass is 10.0. The van der Waals surface area contributed by atoms with E-state index in [1.807, 2.05) is 24.3 Å². The lowest BCUT2D eigenvalue weighted by Gasteiger charge is -2.14. The van der Waals surface area contributed by atoms with Crippen molar-refractivity contribution in [2.45, 2.75) is 18.9 Å². The predicted octanol–water partition coefficient (Wildman–Crippen LogP) is 0.716. The lowest BCUT2D eigenvalue weighted by Crippen LogP contribution is -2.31. The van der Waals surface area contributed by atoms with Gasteiger partial charge < -0.3 is 15.4 Å². The maximum Gasteiger partial charge on any atom is 0.221 e. The average molecular weight is 234 g/mol. The standard InChI is InChI=1S/C13H18N2O2/c1-17-12-4-2-10(3-5-12)8-11-9-13(16)15-7-6-14-11/h2-5,11,14H,6-9H2,1H3,(H,15,16). The molecule has 0 aromatic heterocycles. The molecular formula is C13H18N2O2. The van der Waals surface area contributed by atoms with E-state index in [1.165, 1.54) is 5.56 Å². The minimum atomic E-state index is 0.133. The van der Waals surface area contributed by atoms with Gasteiger partial charge in [-0.2, -0.15) is 0 Å². The Kier molecular flexibility index (Phi) is 3.98. The van der Waals surface area contributed by atoms with Gasteiger partial charge in [0.15, 0.2) is 0 Å². The molecule has 1 unspecified atom stereocenters. The molecule has 1 saturated heterocycles. The van der Waals surface area contributed by atoms with E-state index in [-0.39, 0.29) is 11.9 Å². The van der Waals surface area contributed by atoms with Gasteiger partial charge in [0.25, 0.3) is 0 Å². The zero-order valence-corrected chi connectivity index (χ0v) is 10.0. The van der Waals surface area contributed by atoms with Crippen LogP contribution in [-0.2, 0) is 11.2 Å². The molecule has 1 fully saturated rings. The highest BCUT2D eigenvalue weighted by molar-refractivity contribution is 5.76. The van der Waals surface area contributed by atoms with Crippen LogP contribution in [0.25, 0.3) is 0 Å². The fourth-order valence-electron chi connectivity index (χ4n) is 2.04. The van der Waals surface area contributed by atoms with Crippen molar-refractivity contribution in [2.24, 2.45) is 0 Å². The van der Waals surface area contributed by atoms with Crippen molar-refractivity contribution < 1.29 is 9.53 Å². The molecule has 2 N–H and O–H groups in total. The molecule has 0 aliphatic carbocycles. The summed E-state index contributed by atoms with van der Waals surface area (Å²) in [5.74, 6) is 0.994. The second kappa shape index (κ2) is 5.68. The van der Waals surface area contributed by atoms with Crippen LogP contribution in [0.15, 0.2) is 24.3 Å². The largest absolute Gasteiger partial charge is 0.497 e. The van der Waals surface area contributed by atoms with Crippen LogP contribution < -0.4 is 15.4 Å². The molecule has 1 aromatic rings. The summed E-state index contributed by atoms with van der Waals surface area (Å²) in [6.07, 6.45) is 1.42.